The van der Waals surface area contributed by atoms with Crippen molar-refractivity contribution in [3.63, 3.8) is 0 Å². The minimum Gasteiger partial charge on any atom is -0.535 e. The van der Waals surface area contributed by atoms with Crippen molar-refractivity contribution in [2.24, 2.45) is 0 Å². The summed E-state index contributed by atoms with van der Waals surface area (Å²) in [6.07, 6.45) is 1.58. The van der Waals surface area contributed by atoms with Gasteiger partial charge in [-0.25, -0.2) is 13.9 Å². The van der Waals surface area contributed by atoms with Crippen molar-refractivity contribution in [1.29, 1.82) is 0 Å². The molecule has 0 aliphatic carbocycles. The highest BCUT2D eigenvalue weighted by Gasteiger charge is 2.39. The Morgan fingerprint density at radius 3 is 3.00 bits per heavy atom. The first kappa shape index (κ1) is 14.7. The predicted molar refractivity (Wildman–Crippen MR) is 75.5 cm³/mol. The third kappa shape index (κ3) is 2.48. The van der Waals surface area contributed by atoms with Crippen LogP contribution in [0.25, 0.3) is 0 Å². The zero-order valence-corrected chi connectivity index (χ0v) is 11.8. The van der Waals surface area contributed by atoms with E-state index >= 15 is 0 Å². The van der Waals surface area contributed by atoms with Gasteiger partial charge in [0.05, 0.1) is 5.15 Å². The van der Waals surface area contributed by atoms with Gasteiger partial charge < -0.3 is 20.6 Å². The number of aromatic carboxylic acids is 1. The molecule has 0 fully saturated rings. The van der Waals surface area contributed by atoms with Crippen LogP contribution >= 0.6 is 11.8 Å². The first-order valence-corrected chi connectivity index (χ1v) is 7.06. The normalized spacial score (nSPS) is 17.0. The number of rotatable bonds is 3. The standard InChI is InChI=1S/C11H10BFN4O4S/c13-6-2-1-5-3-7(22-11-16-15-4-17(11)14)12(20)21-9(5)8(6)10(18)19/h1-2,4,7,20H,3,14H2,(H,18,19). The Morgan fingerprint density at radius 2 is 2.36 bits per heavy atom. The fourth-order valence-electron chi connectivity index (χ4n) is 2.16. The Morgan fingerprint density at radius 1 is 1.59 bits per heavy atom. The van der Waals surface area contributed by atoms with Gasteiger partial charge in [-0.15, -0.1) is 10.2 Å². The fourth-order valence-corrected chi connectivity index (χ4v) is 3.13. The highest BCUT2D eigenvalue weighted by atomic mass is 32.2. The summed E-state index contributed by atoms with van der Waals surface area (Å²) >= 11 is 1.14. The second kappa shape index (κ2) is 5.50. The zero-order chi connectivity index (χ0) is 15.9. The van der Waals surface area contributed by atoms with Crippen molar-refractivity contribution in [2.75, 3.05) is 5.84 Å². The van der Waals surface area contributed by atoms with Gasteiger partial charge in [-0.05, 0) is 18.1 Å². The van der Waals surface area contributed by atoms with Crippen LogP contribution in [0.5, 0.6) is 5.75 Å². The van der Waals surface area contributed by atoms with Crippen molar-refractivity contribution in [1.82, 2.24) is 14.9 Å². The molecule has 22 heavy (non-hydrogen) atoms. The van der Waals surface area contributed by atoms with Gasteiger partial charge in [-0.3, -0.25) is 0 Å². The number of nitrogens with zero attached hydrogens (tertiary/aromatic N) is 3. The van der Waals surface area contributed by atoms with Gasteiger partial charge in [0.15, 0.2) is 0 Å². The van der Waals surface area contributed by atoms with Gasteiger partial charge in [0, 0.05) is 0 Å². The van der Waals surface area contributed by atoms with Crippen LogP contribution in [0, 0.1) is 5.82 Å². The van der Waals surface area contributed by atoms with E-state index in [0.717, 1.165) is 17.8 Å². The van der Waals surface area contributed by atoms with E-state index in [2.05, 4.69) is 10.2 Å². The third-order valence-corrected chi connectivity index (χ3v) is 4.38. The molecule has 3 rings (SSSR count). The van der Waals surface area contributed by atoms with E-state index in [9.17, 15) is 14.2 Å². The quantitative estimate of drug-likeness (QED) is 0.530. The van der Waals surface area contributed by atoms with Crippen molar-refractivity contribution in [3.05, 3.63) is 35.4 Å². The molecule has 0 saturated heterocycles. The van der Waals surface area contributed by atoms with Gasteiger partial charge in [-0.2, -0.15) is 0 Å². The SMILES string of the molecule is Nn1cnnc1SC1Cc2ccc(F)c(C(=O)O)c2OB1O. The van der Waals surface area contributed by atoms with E-state index in [4.69, 9.17) is 15.6 Å². The number of hydrogen-bond acceptors (Lipinski definition) is 7. The molecule has 1 unspecified atom stereocenters. The van der Waals surface area contributed by atoms with Gasteiger partial charge in [0.2, 0.25) is 5.16 Å². The van der Waals surface area contributed by atoms with E-state index in [1.54, 1.807) is 0 Å². The van der Waals surface area contributed by atoms with Crippen LogP contribution in [0.2, 0.25) is 0 Å². The molecule has 4 N–H and O–H groups in total. The number of nitrogens with two attached hydrogens (primary N) is 1. The number of aromatic nitrogens is 3. The van der Waals surface area contributed by atoms with Crippen molar-refractivity contribution in [3.8, 4) is 5.75 Å². The molecule has 1 aliphatic heterocycles. The Balaban J connectivity index is 1.91. The van der Waals surface area contributed by atoms with Crippen LogP contribution in [0.15, 0.2) is 23.6 Å². The van der Waals surface area contributed by atoms with E-state index in [1.165, 1.54) is 17.1 Å². The Kier molecular flexibility index (Phi) is 3.67. The maximum absolute atomic E-state index is 13.6. The largest absolute Gasteiger partial charge is 0.537 e. The molecular weight excluding hydrogens is 314 g/mol. The third-order valence-electron chi connectivity index (χ3n) is 3.18. The summed E-state index contributed by atoms with van der Waals surface area (Å²) in [6.45, 7) is 0. The molecule has 0 saturated carbocycles. The number of carboxylic acid groups (broad SMARTS) is 1. The summed E-state index contributed by atoms with van der Waals surface area (Å²) in [5, 5.41) is 26.4. The van der Waals surface area contributed by atoms with Crippen LogP contribution in [0.4, 0.5) is 4.39 Å². The minimum absolute atomic E-state index is 0.147. The summed E-state index contributed by atoms with van der Waals surface area (Å²) in [5.41, 5.74) is -0.0910. The summed E-state index contributed by atoms with van der Waals surface area (Å²) in [4.78, 5) is 11.1. The first-order valence-electron chi connectivity index (χ1n) is 6.18. The van der Waals surface area contributed by atoms with Gasteiger partial charge >= 0.3 is 13.1 Å². The molecule has 0 amide bonds. The lowest BCUT2D eigenvalue weighted by atomic mass is 9.77. The molecule has 0 radical (unpaired) electrons. The van der Waals surface area contributed by atoms with Crippen LogP contribution in [-0.4, -0.2) is 43.2 Å². The number of thioether (sulfide) groups is 1. The molecule has 8 nitrogen and oxygen atoms in total. The second-order valence-electron chi connectivity index (χ2n) is 4.61. The maximum Gasteiger partial charge on any atom is 0.537 e. The average molecular weight is 324 g/mol. The summed E-state index contributed by atoms with van der Waals surface area (Å²) < 4.78 is 20.0. The summed E-state index contributed by atoms with van der Waals surface area (Å²) in [5.74, 6) is 3.09. The van der Waals surface area contributed by atoms with Crippen molar-refractivity contribution >= 4 is 24.8 Å². The molecule has 1 aromatic carbocycles. The molecular formula is C11H10BFN4O4S. The molecule has 1 aliphatic rings. The minimum atomic E-state index is -1.45. The molecule has 2 heterocycles. The van der Waals surface area contributed by atoms with E-state index in [-0.39, 0.29) is 12.2 Å². The van der Waals surface area contributed by atoms with E-state index in [0.29, 0.717) is 10.7 Å². The Bertz CT molecular complexity index is 743. The first-order chi connectivity index (χ1) is 10.5. The second-order valence-corrected chi connectivity index (χ2v) is 5.81. The number of hydrogen-bond donors (Lipinski definition) is 3. The molecule has 11 heteroatoms. The lowest BCUT2D eigenvalue weighted by Crippen LogP contribution is -2.41. The Hall–Kier alpha value is -2.27. The maximum atomic E-state index is 13.6. The van der Waals surface area contributed by atoms with Crippen LogP contribution in [0.3, 0.4) is 0 Å². The van der Waals surface area contributed by atoms with Crippen molar-refractivity contribution < 1.29 is 24.0 Å². The van der Waals surface area contributed by atoms with E-state index < -0.39 is 29.6 Å². The van der Waals surface area contributed by atoms with Crippen molar-refractivity contribution in [2.45, 2.75) is 16.7 Å². The van der Waals surface area contributed by atoms with Gasteiger partial charge in [-0.1, -0.05) is 17.8 Å². The average Bonchev–Trinajstić information content (AvgIpc) is 2.85. The number of carboxylic acids is 1. The van der Waals surface area contributed by atoms with E-state index in [1.807, 2.05) is 0 Å². The number of halogens is 1. The fraction of sp³-hybridized carbons (Fsp3) is 0.182. The monoisotopic (exact) mass is 324 g/mol. The van der Waals surface area contributed by atoms with Crippen LogP contribution in [0.1, 0.15) is 15.9 Å². The zero-order valence-electron chi connectivity index (χ0n) is 11.0. The lowest BCUT2D eigenvalue weighted by Gasteiger charge is -2.27. The number of carbonyl (C=O) groups is 1. The number of fused-ring (bicyclic) bond motifs is 1. The molecule has 1 aromatic heterocycles. The summed E-state index contributed by atoms with van der Waals surface area (Å²) in [6, 6.07) is 2.50. The Labute approximate surface area is 128 Å². The molecule has 114 valence electrons. The lowest BCUT2D eigenvalue weighted by molar-refractivity contribution is 0.0689. The molecule has 2 aromatic rings. The smallest absolute Gasteiger partial charge is 0.535 e. The van der Waals surface area contributed by atoms with Crippen LogP contribution in [-0.2, 0) is 6.42 Å². The highest BCUT2D eigenvalue weighted by Crippen LogP contribution is 2.36. The predicted octanol–water partition coefficient (Wildman–Crippen LogP) is -0.0553. The van der Waals surface area contributed by atoms with Crippen LogP contribution < -0.4 is 10.5 Å². The van der Waals surface area contributed by atoms with Gasteiger partial charge in [0.25, 0.3) is 0 Å². The van der Waals surface area contributed by atoms with Gasteiger partial charge in [0.1, 0.15) is 23.5 Å². The molecule has 0 spiro atoms. The highest BCUT2D eigenvalue weighted by molar-refractivity contribution is 8.01. The molecule has 1 atom stereocenters. The summed E-state index contributed by atoms with van der Waals surface area (Å²) in [7, 11) is -1.32. The number of nitrogen functional groups attached to an aromatic ring is 1. The molecule has 0 bridgehead atoms. The topological polar surface area (TPSA) is 123 Å². The number of benzene rings is 1.